The zero-order valence-corrected chi connectivity index (χ0v) is 14.3. The Bertz CT molecular complexity index is 765. The Morgan fingerprint density at radius 2 is 1.80 bits per heavy atom. The summed E-state index contributed by atoms with van der Waals surface area (Å²) in [6.07, 6.45) is 0.250. The van der Waals surface area contributed by atoms with Gasteiger partial charge in [-0.2, -0.15) is 0 Å². The van der Waals surface area contributed by atoms with E-state index in [0.29, 0.717) is 11.3 Å². The minimum Gasteiger partial charge on any atom is -0.480 e. The molecule has 0 heterocycles. The first-order valence-corrected chi connectivity index (χ1v) is 8.53. The van der Waals surface area contributed by atoms with Crippen molar-refractivity contribution < 1.29 is 14.6 Å². The van der Waals surface area contributed by atoms with Crippen LogP contribution in [0.3, 0.4) is 0 Å². The highest BCUT2D eigenvalue weighted by Gasteiger charge is 2.12. The average molecular weight is 357 g/mol. The summed E-state index contributed by atoms with van der Waals surface area (Å²) in [5.74, 6) is -0.620. The zero-order chi connectivity index (χ0) is 18.2. The summed E-state index contributed by atoms with van der Waals surface area (Å²) >= 11 is 1.16. The van der Waals surface area contributed by atoms with Crippen LogP contribution in [-0.4, -0.2) is 28.2 Å². The highest BCUT2D eigenvalue weighted by atomic mass is 32.2. The third kappa shape index (κ3) is 6.06. The number of hydrogen-bond donors (Lipinski definition) is 4. The number of hydrogen-bond acceptors (Lipinski definition) is 6. The third-order valence-corrected chi connectivity index (χ3v) is 4.19. The molecule has 130 valence electrons. The van der Waals surface area contributed by atoms with Crippen molar-refractivity contribution in [3.8, 4) is 0 Å². The van der Waals surface area contributed by atoms with Crippen LogP contribution in [0.4, 0.5) is 0 Å². The van der Waals surface area contributed by atoms with Gasteiger partial charge in [-0.15, -0.1) is 0 Å². The van der Waals surface area contributed by atoms with E-state index < -0.39 is 12.0 Å². The van der Waals surface area contributed by atoms with Crippen molar-refractivity contribution >= 4 is 28.9 Å². The molecule has 2 rings (SSSR count). The number of aliphatic carboxylic acids is 1. The molecule has 2 aromatic carbocycles. The molecular weight excluding hydrogens is 338 g/mol. The molecule has 25 heavy (non-hydrogen) atoms. The summed E-state index contributed by atoms with van der Waals surface area (Å²) in [7, 11) is 0. The first-order chi connectivity index (χ1) is 12.0. The molecule has 1 unspecified atom stereocenters. The van der Waals surface area contributed by atoms with Gasteiger partial charge in [-0.1, -0.05) is 54.2 Å². The van der Waals surface area contributed by atoms with E-state index in [4.69, 9.17) is 26.4 Å². The lowest BCUT2D eigenvalue weighted by molar-refractivity contribution is -0.138. The second-order valence-electron chi connectivity index (χ2n) is 5.34. The predicted octanol–water partition coefficient (Wildman–Crippen LogP) is 2.85. The highest BCUT2D eigenvalue weighted by Crippen LogP contribution is 2.17. The molecule has 0 aromatic heterocycles. The van der Waals surface area contributed by atoms with E-state index in [1.54, 1.807) is 24.3 Å². The number of carbonyl (C=O) groups is 1. The van der Waals surface area contributed by atoms with Gasteiger partial charge >= 0.3 is 5.97 Å². The lowest BCUT2D eigenvalue weighted by Crippen LogP contribution is -2.32. The molecule has 7 heteroatoms. The minimum atomic E-state index is -1.03. The number of ether oxygens (including phenoxy) is 1. The lowest BCUT2D eigenvalue weighted by atomic mass is 10.0. The van der Waals surface area contributed by atoms with Crippen molar-refractivity contribution in [2.45, 2.75) is 18.2 Å². The number of thioether (sulfide) groups is 1. The second kappa shape index (κ2) is 9.00. The summed E-state index contributed by atoms with van der Waals surface area (Å²) in [6.45, 7) is 0. The van der Waals surface area contributed by atoms with Crippen LogP contribution in [0.1, 0.15) is 16.7 Å². The molecule has 0 amide bonds. The molecule has 0 saturated heterocycles. The normalized spacial score (nSPS) is 11.6. The first kappa shape index (κ1) is 18.7. The van der Waals surface area contributed by atoms with Gasteiger partial charge in [0.2, 0.25) is 11.1 Å². The van der Waals surface area contributed by atoms with Crippen molar-refractivity contribution in [2.75, 3.05) is 0 Å². The molecule has 0 aliphatic carbocycles. The fraction of sp³-hybridized carbons (Fsp3) is 0.167. The second-order valence-corrected chi connectivity index (χ2v) is 6.29. The van der Waals surface area contributed by atoms with Gasteiger partial charge < -0.3 is 15.6 Å². The molecule has 0 aliphatic rings. The van der Waals surface area contributed by atoms with E-state index in [1.807, 2.05) is 30.3 Å². The maximum atomic E-state index is 10.8. The first-order valence-electron chi connectivity index (χ1n) is 7.55. The summed E-state index contributed by atoms with van der Waals surface area (Å²) in [5, 5.41) is 24.5. The average Bonchev–Trinajstić information content (AvgIpc) is 2.61. The Hall–Kier alpha value is -2.64. The molecule has 0 radical (unpaired) electrons. The zero-order valence-electron chi connectivity index (χ0n) is 13.4. The monoisotopic (exact) mass is 357 g/mol. The van der Waals surface area contributed by atoms with Crippen molar-refractivity contribution in [1.29, 1.82) is 10.8 Å². The minimum absolute atomic E-state index is 0.0681. The van der Waals surface area contributed by atoms with E-state index in [2.05, 4.69) is 0 Å². The van der Waals surface area contributed by atoms with Crippen LogP contribution in [0.5, 0.6) is 0 Å². The van der Waals surface area contributed by atoms with Crippen LogP contribution in [-0.2, 0) is 21.7 Å². The quantitative estimate of drug-likeness (QED) is 0.468. The molecule has 6 nitrogen and oxygen atoms in total. The van der Waals surface area contributed by atoms with Gasteiger partial charge in [0.15, 0.2) is 0 Å². The number of carboxylic acid groups (broad SMARTS) is 1. The summed E-state index contributed by atoms with van der Waals surface area (Å²) in [6, 6.07) is 15.4. The van der Waals surface area contributed by atoms with E-state index in [9.17, 15) is 4.79 Å². The van der Waals surface area contributed by atoms with Gasteiger partial charge in [-0.3, -0.25) is 15.6 Å². The molecule has 0 spiro atoms. The number of nitrogens with one attached hydrogen (secondary N) is 2. The lowest BCUT2D eigenvalue weighted by Gasteiger charge is -2.09. The fourth-order valence-electron chi connectivity index (χ4n) is 2.11. The van der Waals surface area contributed by atoms with Gasteiger partial charge in [0.1, 0.15) is 6.04 Å². The van der Waals surface area contributed by atoms with E-state index in [0.717, 1.165) is 22.9 Å². The SMILES string of the molecule is N=C(OC(=N)c1ccccc1)SCc1cccc(CC(N)C(=O)O)c1. The topological polar surface area (TPSA) is 120 Å². The van der Waals surface area contributed by atoms with E-state index in [-0.39, 0.29) is 17.5 Å². The van der Waals surface area contributed by atoms with E-state index in [1.165, 1.54) is 0 Å². The molecule has 0 saturated carbocycles. The largest absolute Gasteiger partial charge is 0.480 e. The maximum absolute atomic E-state index is 10.8. The number of rotatable bonds is 6. The van der Waals surface area contributed by atoms with Gasteiger partial charge in [-0.25, -0.2) is 0 Å². The standard InChI is InChI=1S/C18H19N3O3S/c19-15(17(22)23)10-12-5-4-6-13(9-12)11-25-18(21)24-16(20)14-7-2-1-3-8-14/h1-9,15,20-21H,10-11,19H2,(H,22,23). The Labute approximate surface area is 150 Å². The Morgan fingerprint density at radius 3 is 2.48 bits per heavy atom. The van der Waals surface area contributed by atoms with Crippen LogP contribution >= 0.6 is 11.8 Å². The third-order valence-electron chi connectivity index (χ3n) is 3.36. The van der Waals surface area contributed by atoms with Gasteiger partial charge in [0, 0.05) is 11.3 Å². The molecule has 5 N–H and O–H groups in total. The van der Waals surface area contributed by atoms with E-state index >= 15 is 0 Å². The highest BCUT2D eigenvalue weighted by molar-refractivity contribution is 8.12. The Morgan fingerprint density at radius 1 is 1.12 bits per heavy atom. The van der Waals surface area contributed by atoms with Crippen LogP contribution in [0, 0.1) is 10.8 Å². The number of benzene rings is 2. The molecule has 2 aromatic rings. The van der Waals surface area contributed by atoms with Crippen molar-refractivity contribution in [3.05, 3.63) is 71.3 Å². The summed E-state index contributed by atoms with van der Waals surface area (Å²) in [5.41, 5.74) is 7.92. The van der Waals surface area contributed by atoms with Crippen LogP contribution in [0.2, 0.25) is 0 Å². The fourth-order valence-corrected chi connectivity index (χ4v) is 2.73. The maximum Gasteiger partial charge on any atom is 0.320 e. The van der Waals surface area contributed by atoms with Crippen molar-refractivity contribution in [2.24, 2.45) is 5.73 Å². The van der Waals surface area contributed by atoms with Crippen LogP contribution in [0.25, 0.3) is 0 Å². The van der Waals surface area contributed by atoms with Crippen molar-refractivity contribution in [1.82, 2.24) is 0 Å². The summed E-state index contributed by atoms with van der Waals surface area (Å²) < 4.78 is 5.22. The van der Waals surface area contributed by atoms with Crippen molar-refractivity contribution in [3.63, 3.8) is 0 Å². The number of carboxylic acids is 1. The Balaban J connectivity index is 1.87. The Kier molecular flexibility index (Phi) is 6.73. The number of nitrogens with two attached hydrogens (primary N) is 1. The predicted molar refractivity (Wildman–Crippen MR) is 99.1 cm³/mol. The molecular formula is C18H19N3O3S. The van der Waals surface area contributed by atoms with Gasteiger partial charge in [0.05, 0.1) is 0 Å². The van der Waals surface area contributed by atoms with Crippen LogP contribution in [0.15, 0.2) is 54.6 Å². The van der Waals surface area contributed by atoms with Gasteiger partial charge in [0.25, 0.3) is 0 Å². The smallest absolute Gasteiger partial charge is 0.320 e. The molecule has 0 fully saturated rings. The summed E-state index contributed by atoms with van der Waals surface area (Å²) in [4.78, 5) is 10.8. The van der Waals surface area contributed by atoms with Crippen LogP contribution < -0.4 is 5.73 Å². The molecule has 0 aliphatic heterocycles. The van der Waals surface area contributed by atoms with Gasteiger partial charge in [-0.05, 0) is 29.7 Å². The molecule has 1 atom stereocenters. The molecule has 0 bridgehead atoms.